The van der Waals surface area contributed by atoms with Gasteiger partial charge in [0.1, 0.15) is 17.4 Å². The van der Waals surface area contributed by atoms with Crippen LogP contribution in [0.3, 0.4) is 0 Å². The van der Waals surface area contributed by atoms with E-state index in [0.29, 0.717) is 18.4 Å². The zero-order valence-corrected chi connectivity index (χ0v) is 11.3. The van der Waals surface area contributed by atoms with Crippen LogP contribution in [0.4, 0.5) is 8.78 Å². The highest BCUT2D eigenvalue weighted by Crippen LogP contribution is 2.11. The number of carbonyl (C=O) groups excluding carboxylic acids is 1. The highest BCUT2D eigenvalue weighted by atomic mass is 19.1. The van der Waals surface area contributed by atoms with Crippen molar-refractivity contribution in [2.75, 3.05) is 0 Å². The normalized spacial score (nSPS) is 10.6. The monoisotopic (exact) mass is 274 g/mol. The maximum atomic E-state index is 13.0. The summed E-state index contributed by atoms with van der Waals surface area (Å²) in [5.41, 5.74) is 2.65. The van der Waals surface area contributed by atoms with Crippen molar-refractivity contribution >= 4 is 5.78 Å². The Labute approximate surface area is 117 Å². The van der Waals surface area contributed by atoms with Crippen molar-refractivity contribution in [3.8, 4) is 0 Å². The molecule has 1 nitrogen and oxygen atoms in total. The van der Waals surface area contributed by atoms with E-state index < -0.39 is 11.6 Å². The molecule has 0 heterocycles. The van der Waals surface area contributed by atoms with Gasteiger partial charge in [-0.1, -0.05) is 29.8 Å². The van der Waals surface area contributed by atoms with E-state index in [1.807, 2.05) is 31.2 Å². The summed E-state index contributed by atoms with van der Waals surface area (Å²) in [5, 5.41) is 0. The minimum Gasteiger partial charge on any atom is -0.299 e. The maximum absolute atomic E-state index is 13.0. The molecule has 0 fully saturated rings. The van der Waals surface area contributed by atoms with Crippen molar-refractivity contribution in [3.63, 3.8) is 0 Å². The fourth-order valence-electron chi connectivity index (χ4n) is 2.07. The van der Waals surface area contributed by atoms with Crippen LogP contribution in [-0.2, 0) is 17.6 Å². The van der Waals surface area contributed by atoms with Crippen molar-refractivity contribution in [2.24, 2.45) is 0 Å². The van der Waals surface area contributed by atoms with E-state index >= 15 is 0 Å². The third-order valence-corrected chi connectivity index (χ3v) is 3.14. The number of Topliss-reactive ketones (excluding diaryl/α,β-unsaturated/α-hetero) is 1. The van der Waals surface area contributed by atoms with Crippen molar-refractivity contribution in [1.29, 1.82) is 0 Å². The summed E-state index contributed by atoms with van der Waals surface area (Å²) in [6, 6.07) is 11.2. The van der Waals surface area contributed by atoms with Gasteiger partial charge in [0.25, 0.3) is 0 Å². The van der Waals surface area contributed by atoms with Gasteiger partial charge in [-0.15, -0.1) is 0 Å². The van der Waals surface area contributed by atoms with Crippen molar-refractivity contribution < 1.29 is 13.6 Å². The lowest BCUT2D eigenvalue weighted by Gasteiger charge is -2.03. The summed E-state index contributed by atoms with van der Waals surface area (Å²) in [6.45, 7) is 2.01. The van der Waals surface area contributed by atoms with Crippen molar-refractivity contribution in [2.45, 2.75) is 26.2 Å². The number of rotatable bonds is 5. The van der Waals surface area contributed by atoms with Gasteiger partial charge in [0.05, 0.1) is 0 Å². The molecule has 3 heteroatoms. The largest absolute Gasteiger partial charge is 0.299 e. The Morgan fingerprint density at radius 2 is 1.55 bits per heavy atom. The standard InChI is InChI=1S/C17H16F2O/c1-12-2-4-13(5-3-12)6-7-17(20)10-14-8-15(18)11-16(19)9-14/h2-5,8-9,11H,6-7,10H2,1H3. The first kappa shape index (κ1) is 14.4. The van der Waals surface area contributed by atoms with Gasteiger partial charge in [0.15, 0.2) is 0 Å². The van der Waals surface area contributed by atoms with Gasteiger partial charge in [-0.3, -0.25) is 4.79 Å². The van der Waals surface area contributed by atoms with Gasteiger partial charge < -0.3 is 0 Å². The quantitative estimate of drug-likeness (QED) is 0.805. The molecule has 104 valence electrons. The molecular weight excluding hydrogens is 258 g/mol. The van der Waals surface area contributed by atoms with Crippen LogP contribution in [0.2, 0.25) is 0 Å². The Balaban J connectivity index is 1.90. The van der Waals surface area contributed by atoms with E-state index in [-0.39, 0.29) is 12.2 Å². The van der Waals surface area contributed by atoms with E-state index in [9.17, 15) is 13.6 Å². The van der Waals surface area contributed by atoms with Gasteiger partial charge in [-0.25, -0.2) is 8.78 Å². The molecule has 0 amide bonds. The van der Waals surface area contributed by atoms with Gasteiger partial charge in [0.2, 0.25) is 0 Å². The predicted octanol–water partition coefficient (Wildman–Crippen LogP) is 4.02. The van der Waals surface area contributed by atoms with Crippen LogP contribution in [0.25, 0.3) is 0 Å². The molecule has 0 aliphatic heterocycles. The molecule has 0 bridgehead atoms. The Morgan fingerprint density at radius 1 is 0.950 bits per heavy atom. The zero-order valence-electron chi connectivity index (χ0n) is 11.3. The molecule has 0 aliphatic rings. The van der Waals surface area contributed by atoms with Crippen LogP contribution in [0.15, 0.2) is 42.5 Å². The number of halogens is 2. The smallest absolute Gasteiger partial charge is 0.137 e. The summed E-state index contributed by atoms with van der Waals surface area (Å²) in [5.74, 6) is -1.31. The summed E-state index contributed by atoms with van der Waals surface area (Å²) < 4.78 is 26.0. The van der Waals surface area contributed by atoms with Crippen LogP contribution < -0.4 is 0 Å². The summed E-state index contributed by atoms with van der Waals surface area (Å²) in [7, 11) is 0. The molecule has 0 spiro atoms. The van der Waals surface area contributed by atoms with E-state index in [1.165, 1.54) is 17.7 Å². The first-order chi connectivity index (χ1) is 9.52. The molecule has 2 aromatic carbocycles. The average molecular weight is 274 g/mol. The lowest BCUT2D eigenvalue weighted by Crippen LogP contribution is -2.05. The Bertz CT molecular complexity index is 583. The van der Waals surface area contributed by atoms with Crippen LogP contribution >= 0.6 is 0 Å². The Kier molecular flexibility index (Phi) is 4.61. The number of benzene rings is 2. The maximum Gasteiger partial charge on any atom is 0.137 e. The number of hydrogen-bond acceptors (Lipinski definition) is 1. The number of carbonyl (C=O) groups is 1. The molecule has 20 heavy (non-hydrogen) atoms. The highest BCUT2D eigenvalue weighted by Gasteiger charge is 2.07. The molecule has 0 aliphatic carbocycles. The molecule has 0 saturated carbocycles. The third kappa shape index (κ3) is 4.26. The summed E-state index contributed by atoms with van der Waals surface area (Å²) in [6.07, 6.45) is 1.10. The third-order valence-electron chi connectivity index (χ3n) is 3.14. The first-order valence-electron chi connectivity index (χ1n) is 6.55. The molecule has 2 rings (SSSR count). The van der Waals surface area contributed by atoms with Crippen molar-refractivity contribution in [3.05, 3.63) is 70.8 Å². The second-order valence-corrected chi connectivity index (χ2v) is 4.98. The highest BCUT2D eigenvalue weighted by molar-refractivity contribution is 5.81. The fraction of sp³-hybridized carbons (Fsp3) is 0.235. The first-order valence-corrected chi connectivity index (χ1v) is 6.55. The number of hydrogen-bond donors (Lipinski definition) is 0. The molecule has 0 N–H and O–H groups in total. The van der Waals surface area contributed by atoms with E-state index in [4.69, 9.17) is 0 Å². The second kappa shape index (κ2) is 6.42. The molecule has 0 radical (unpaired) electrons. The topological polar surface area (TPSA) is 17.1 Å². The molecule has 2 aromatic rings. The minimum atomic E-state index is -0.647. The Morgan fingerprint density at radius 3 is 2.15 bits per heavy atom. The van der Waals surface area contributed by atoms with Gasteiger partial charge in [0, 0.05) is 18.9 Å². The van der Waals surface area contributed by atoms with Crippen LogP contribution in [0.1, 0.15) is 23.1 Å². The van der Waals surface area contributed by atoms with Gasteiger partial charge in [-0.2, -0.15) is 0 Å². The van der Waals surface area contributed by atoms with Crippen LogP contribution in [0.5, 0.6) is 0 Å². The fourth-order valence-corrected chi connectivity index (χ4v) is 2.07. The SMILES string of the molecule is Cc1ccc(CCC(=O)Cc2cc(F)cc(F)c2)cc1. The minimum absolute atomic E-state index is 0.0180. The lowest BCUT2D eigenvalue weighted by atomic mass is 10.0. The van der Waals surface area contributed by atoms with Gasteiger partial charge >= 0.3 is 0 Å². The van der Waals surface area contributed by atoms with E-state index in [0.717, 1.165) is 11.6 Å². The summed E-state index contributed by atoms with van der Waals surface area (Å²) in [4.78, 5) is 11.8. The summed E-state index contributed by atoms with van der Waals surface area (Å²) >= 11 is 0. The molecular formula is C17H16F2O. The molecule has 0 unspecified atom stereocenters. The van der Waals surface area contributed by atoms with E-state index in [1.54, 1.807) is 0 Å². The van der Waals surface area contributed by atoms with Crippen molar-refractivity contribution in [1.82, 2.24) is 0 Å². The average Bonchev–Trinajstić information content (AvgIpc) is 2.37. The number of ketones is 1. The van der Waals surface area contributed by atoms with Crippen LogP contribution in [-0.4, -0.2) is 5.78 Å². The van der Waals surface area contributed by atoms with E-state index in [2.05, 4.69) is 0 Å². The van der Waals surface area contributed by atoms with Gasteiger partial charge in [-0.05, 0) is 36.6 Å². The molecule has 0 atom stereocenters. The zero-order chi connectivity index (χ0) is 14.5. The second-order valence-electron chi connectivity index (χ2n) is 4.98. The van der Waals surface area contributed by atoms with Crippen LogP contribution in [0, 0.1) is 18.6 Å². The molecule has 0 aromatic heterocycles. The molecule has 0 saturated heterocycles. The predicted molar refractivity (Wildman–Crippen MR) is 74.6 cm³/mol. The number of aryl methyl sites for hydroxylation is 2. The Hall–Kier alpha value is -2.03. The lowest BCUT2D eigenvalue weighted by molar-refractivity contribution is -0.118.